The molecule has 11 heteroatoms. The van der Waals surface area contributed by atoms with Crippen molar-refractivity contribution >= 4 is 28.7 Å². The maximum Gasteiger partial charge on any atom is 0.336 e. The Labute approximate surface area is 217 Å². The van der Waals surface area contributed by atoms with E-state index in [9.17, 15) is 28.3 Å². The lowest BCUT2D eigenvalue weighted by Crippen LogP contribution is -2.54. The highest BCUT2D eigenvalue weighted by molar-refractivity contribution is 6.05. The number of hydrogen-bond acceptors (Lipinski definition) is 6. The number of hydrogen-bond donors (Lipinski definition) is 1. The van der Waals surface area contributed by atoms with Crippen molar-refractivity contribution in [1.29, 1.82) is 0 Å². The number of nitrogens with zero attached hydrogens (tertiary/aromatic N) is 4. The molecule has 1 aromatic heterocycles. The number of halogens is 2. The summed E-state index contributed by atoms with van der Waals surface area (Å²) in [7, 11) is 0. The number of rotatable bonds is 6. The molecule has 2 aliphatic rings. The van der Waals surface area contributed by atoms with Gasteiger partial charge in [0, 0.05) is 49.2 Å². The summed E-state index contributed by atoms with van der Waals surface area (Å²) in [4.78, 5) is 47.6. The Morgan fingerprint density at radius 1 is 0.974 bits per heavy atom. The van der Waals surface area contributed by atoms with E-state index in [4.69, 9.17) is 4.74 Å². The highest BCUT2D eigenvalue weighted by Gasteiger charge is 2.30. The predicted octanol–water partition coefficient (Wildman–Crippen LogP) is 2.38. The first-order valence-electron chi connectivity index (χ1n) is 12.3. The van der Waals surface area contributed by atoms with E-state index in [-0.39, 0.29) is 47.9 Å². The van der Waals surface area contributed by atoms with Crippen molar-refractivity contribution in [2.45, 2.75) is 6.54 Å². The van der Waals surface area contributed by atoms with Crippen LogP contribution in [-0.2, 0) is 20.9 Å². The van der Waals surface area contributed by atoms with Gasteiger partial charge in [-0.1, -0.05) is 0 Å². The number of aromatic nitrogens is 1. The van der Waals surface area contributed by atoms with Crippen LogP contribution in [0, 0.1) is 11.6 Å². The summed E-state index contributed by atoms with van der Waals surface area (Å²) >= 11 is 0. The Balaban J connectivity index is 1.44. The van der Waals surface area contributed by atoms with Crippen LogP contribution in [0.25, 0.3) is 22.2 Å². The Morgan fingerprint density at radius 2 is 1.68 bits per heavy atom. The van der Waals surface area contributed by atoms with Gasteiger partial charge >= 0.3 is 5.97 Å². The van der Waals surface area contributed by atoms with E-state index < -0.39 is 17.6 Å². The van der Waals surface area contributed by atoms with Gasteiger partial charge < -0.3 is 19.6 Å². The van der Waals surface area contributed by atoms with Gasteiger partial charge in [0.2, 0.25) is 11.8 Å². The van der Waals surface area contributed by atoms with Crippen LogP contribution in [0.1, 0.15) is 15.9 Å². The molecule has 0 aliphatic carbocycles. The van der Waals surface area contributed by atoms with E-state index in [2.05, 4.69) is 4.98 Å². The van der Waals surface area contributed by atoms with Crippen molar-refractivity contribution < 1.29 is 33.0 Å². The smallest absolute Gasteiger partial charge is 0.336 e. The molecule has 3 heterocycles. The Morgan fingerprint density at radius 3 is 2.37 bits per heavy atom. The first-order chi connectivity index (χ1) is 18.3. The van der Waals surface area contributed by atoms with E-state index in [1.165, 1.54) is 41.3 Å². The normalized spacial score (nSPS) is 16.7. The summed E-state index contributed by atoms with van der Waals surface area (Å²) in [5, 5.41) is 10.3. The molecule has 0 radical (unpaired) electrons. The van der Waals surface area contributed by atoms with Crippen molar-refractivity contribution in [2.24, 2.45) is 0 Å². The third kappa shape index (κ3) is 5.34. The number of carbonyl (C=O) groups is 3. The molecule has 2 aliphatic heterocycles. The van der Waals surface area contributed by atoms with Crippen LogP contribution in [0.5, 0.6) is 0 Å². The van der Waals surface area contributed by atoms with Gasteiger partial charge in [0.1, 0.15) is 11.6 Å². The average Bonchev–Trinajstić information content (AvgIpc) is 2.90. The van der Waals surface area contributed by atoms with Gasteiger partial charge in [0.25, 0.3) is 0 Å². The maximum absolute atomic E-state index is 14.1. The molecule has 38 heavy (non-hydrogen) atoms. The number of piperazine rings is 1. The number of morpholine rings is 1. The first-order valence-corrected chi connectivity index (χ1v) is 12.3. The van der Waals surface area contributed by atoms with E-state index in [1.54, 1.807) is 9.80 Å². The summed E-state index contributed by atoms with van der Waals surface area (Å²) in [6, 6.07) is 9.25. The largest absolute Gasteiger partial charge is 0.478 e. The van der Waals surface area contributed by atoms with Crippen LogP contribution in [0.2, 0.25) is 0 Å². The van der Waals surface area contributed by atoms with E-state index in [1.807, 2.05) is 0 Å². The van der Waals surface area contributed by atoms with Gasteiger partial charge in [0.05, 0.1) is 43.1 Å². The topological polar surface area (TPSA) is 103 Å². The van der Waals surface area contributed by atoms with Crippen molar-refractivity contribution in [3.8, 4) is 11.3 Å². The molecular weight excluding hydrogens is 498 g/mol. The van der Waals surface area contributed by atoms with Crippen LogP contribution in [0.3, 0.4) is 0 Å². The molecule has 198 valence electrons. The monoisotopic (exact) mass is 524 g/mol. The van der Waals surface area contributed by atoms with Crippen molar-refractivity contribution in [3.63, 3.8) is 0 Å². The molecule has 0 spiro atoms. The molecule has 5 rings (SSSR count). The zero-order valence-corrected chi connectivity index (χ0v) is 20.5. The second-order valence-corrected chi connectivity index (χ2v) is 9.31. The fourth-order valence-corrected chi connectivity index (χ4v) is 4.88. The van der Waals surface area contributed by atoms with Crippen LogP contribution in [-0.4, -0.2) is 95.1 Å². The summed E-state index contributed by atoms with van der Waals surface area (Å²) < 4.78 is 33.0. The van der Waals surface area contributed by atoms with Gasteiger partial charge in [-0.25, -0.2) is 18.6 Å². The molecule has 2 amide bonds. The fourth-order valence-electron chi connectivity index (χ4n) is 4.88. The maximum atomic E-state index is 14.1. The number of carboxylic acids is 1. The Bertz CT molecular complexity index is 1390. The van der Waals surface area contributed by atoms with Gasteiger partial charge in [-0.2, -0.15) is 0 Å². The number of carboxylic acid groups (broad SMARTS) is 1. The molecule has 0 atom stereocenters. The minimum atomic E-state index is -1.26. The lowest BCUT2D eigenvalue weighted by Gasteiger charge is -2.36. The molecule has 0 bridgehead atoms. The number of ether oxygens (including phenoxy) is 1. The third-order valence-corrected chi connectivity index (χ3v) is 6.85. The van der Waals surface area contributed by atoms with Crippen LogP contribution < -0.4 is 0 Å². The molecule has 2 saturated heterocycles. The molecule has 0 saturated carbocycles. The van der Waals surface area contributed by atoms with E-state index in [0.717, 1.165) is 6.07 Å². The Hall–Kier alpha value is -3.96. The SMILES string of the molecule is O=C(O)c1c(CN2CCN(CC(=O)N3CCOCC3)C(=O)C2)c(-c2ccc(F)cc2)nc2ccc(F)cc12. The molecule has 3 aromatic rings. The number of fused-ring (bicyclic) bond motifs is 1. The van der Waals surface area contributed by atoms with Crippen molar-refractivity contribution in [3.05, 3.63) is 65.2 Å². The zero-order valence-electron chi connectivity index (χ0n) is 20.5. The minimum absolute atomic E-state index is 0.0231. The molecule has 9 nitrogen and oxygen atoms in total. The number of aromatic carboxylic acids is 1. The van der Waals surface area contributed by atoms with Crippen LogP contribution in [0.15, 0.2) is 42.5 Å². The van der Waals surface area contributed by atoms with Crippen LogP contribution in [0.4, 0.5) is 8.78 Å². The minimum Gasteiger partial charge on any atom is -0.478 e. The summed E-state index contributed by atoms with van der Waals surface area (Å²) in [6.07, 6.45) is 0. The third-order valence-electron chi connectivity index (χ3n) is 6.85. The summed E-state index contributed by atoms with van der Waals surface area (Å²) in [6.45, 7) is 2.61. The average molecular weight is 525 g/mol. The highest BCUT2D eigenvalue weighted by Crippen LogP contribution is 2.32. The van der Waals surface area contributed by atoms with Gasteiger partial charge in [-0.05, 0) is 42.5 Å². The van der Waals surface area contributed by atoms with E-state index >= 15 is 0 Å². The van der Waals surface area contributed by atoms with Gasteiger partial charge in [-0.3, -0.25) is 14.5 Å². The van der Waals surface area contributed by atoms with Gasteiger partial charge in [-0.15, -0.1) is 0 Å². The van der Waals surface area contributed by atoms with Gasteiger partial charge in [0.15, 0.2) is 0 Å². The number of benzene rings is 2. The molecule has 1 N–H and O–H groups in total. The molecule has 2 fully saturated rings. The molecule has 0 unspecified atom stereocenters. The second kappa shape index (κ2) is 10.8. The first kappa shape index (κ1) is 25.7. The number of pyridine rings is 1. The highest BCUT2D eigenvalue weighted by atomic mass is 19.1. The standard InChI is InChI=1S/C27H26F2N4O5/c28-18-3-1-17(2-4-18)26-21(25(27(36)37)20-13-19(29)5-6-22(20)30-26)14-31-7-8-33(23(34)15-31)16-24(35)32-9-11-38-12-10-32/h1-6,13H,7-12,14-16H2,(H,36,37). The van der Waals surface area contributed by atoms with E-state index in [0.29, 0.717) is 56.2 Å². The fraction of sp³-hybridized carbons (Fsp3) is 0.333. The number of amides is 2. The summed E-state index contributed by atoms with van der Waals surface area (Å²) in [5.41, 5.74) is 1.28. The lowest BCUT2D eigenvalue weighted by atomic mass is 9.96. The zero-order chi connectivity index (χ0) is 26.8. The van der Waals surface area contributed by atoms with Crippen molar-refractivity contribution in [2.75, 3.05) is 52.5 Å². The van der Waals surface area contributed by atoms with Crippen LogP contribution >= 0.6 is 0 Å². The number of carbonyl (C=O) groups excluding carboxylic acids is 2. The predicted molar refractivity (Wildman–Crippen MR) is 133 cm³/mol. The lowest BCUT2D eigenvalue weighted by molar-refractivity contribution is -0.145. The molecular formula is C27H26F2N4O5. The summed E-state index contributed by atoms with van der Waals surface area (Å²) in [5.74, 6) is -2.70. The second-order valence-electron chi connectivity index (χ2n) is 9.31. The Kier molecular flexibility index (Phi) is 7.30. The van der Waals surface area contributed by atoms with Crippen molar-refractivity contribution in [1.82, 2.24) is 19.7 Å². The molecule has 2 aromatic carbocycles. The quantitative estimate of drug-likeness (QED) is 0.528.